The number of hydrogen-bond acceptors (Lipinski definition) is 1. The van der Waals surface area contributed by atoms with Crippen molar-refractivity contribution in [3.63, 3.8) is 0 Å². The van der Waals surface area contributed by atoms with E-state index in [4.69, 9.17) is 0 Å². The molecule has 0 bridgehead atoms. The Morgan fingerprint density at radius 3 is 1.66 bits per heavy atom. The zero-order valence-electron chi connectivity index (χ0n) is 23.4. The highest BCUT2D eigenvalue weighted by Crippen LogP contribution is 2.41. The predicted molar refractivity (Wildman–Crippen MR) is 176 cm³/mol. The molecular weight excluding hydrogens is 494 g/mol. The molecule has 0 N–H and O–H groups in total. The van der Waals surface area contributed by atoms with Gasteiger partial charge in [0, 0.05) is 17.1 Å². The van der Waals surface area contributed by atoms with Crippen molar-refractivity contribution in [3.05, 3.63) is 163 Å². The van der Waals surface area contributed by atoms with Gasteiger partial charge in [-0.05, 0) is 100 Å². The van der Waals surface area contributed by atoms with Gasteiger partial charge in [-0.1, -0.05) is 120 Å². The molecule has 0 radical (unpaired) electrons. The molecule has 0 saturated heterocycles. The van der Waals surface area contributed by atoms with Gasteiger partial charge in [0.15, 0.2) is 0 Å². The second-order valence-electron chi connectivity index (χ2n) is 10.8. The van der Waals surface area contributed by atoms with Crippen molar-refractivity contribution in [2.75, 3.05) is 4.90 Å². The van der Waals surface area contributed by atoms with Gasteiger partial charge in [0.25, 0.3) is 0 Å². The summed E-state index contributed by atoms with van der Waals surface area (Å²) in [5, 5.41) is 5.11. The van der Waals surface area contributed by atoms with Crippen molar-refractivity contribution in [2.45, 2.75) is 13.8 Å². The van der Waals surface area contributed by atoms with Crippen LogP contribution in [-0.2, 0) is 0 Å². The molecule has 0 unspecified atom stereocenters. The topological polar surface area (TPSA) is 3.24 Å². The van der Waals surface area contributed by atoms with Crippen LogP contribution in [0.3, 0.4) is 0 Å². The van der Waals surface area contributed by atoms with E-state index in [1.165, 1.54) is 54.9 Å². The molecule has 0 amide bonds. The Hall–Kier alpha value is -5.14. The number of hydrogen-bond donors (Lipinski definition) is 0. The number of aryl methyl sites for hydroxylation is 2. The SMILES string of the molecule is Cc1ccc(N(c2ccc(C)cc2)c2ccc(-c3ccc4c(ccc5ccccc54)c3)c(-c3ccccc3)c2)cc1. The number of fused-ring (bicyclic) bond motifs is 3. The predicted octanol–water partition coefficient (Wildman–Crippen LogP) is 11.4. The molecule has 0 spiro atoms. The normalized spacial score (nSPS) is 11.2. The fourth-order valence-corrected chi connectivity index (χ4v) is 5.80. The van der Waals surface area contributed by atoms with E-state index >= 15 is 0 Å². The lowest BCUT2D eigenvalue weighted by Crippen LogP contribution is -2.10. The Bertz CT molecular complexity index is 1940. The lowest BCUT2D eigenvalue weighted by Gasteiger charge is -2.27. The molecule has 0 aromatic heterocycles. The molecular formula is C40H31N. The van der Waals surface area contributed by atoms with E-state index in [1.807, 2.05) is 0 Å². The van der Waals surface area contributed by atoms with Crippen molar-refractivity contribution in [1.29, 1.82) is 0 Å². The lowest BCUT2D eigenvalue weighted by atomic mass is 9.91. The maximum Gasteiger partial charge on any atom is 0.0468 e. The minimum atomic E-state index is 1.13. The molecule has 7 aromatic rings. The summed E-state index contributed by atoms with van der Waals surface area (Å²) < 4.78 is 0. The van der Waals surface area contributed by atoms with Crippen LogP contribution in [0.4, 0.5) is 17.1 Å². The van der Waals surface area contributed by atoms with Crippen LogP contribution in [0.15, 0.2) is 152 Å². The van der Waals surface area contributed by atoms with Crippen LogP contribution < -0.4 is 4.90 Å². The van der Waals surface area contributed by atoms with Crippen LogP contribution in [0.2, 0.25) is 0 Å². The Morgan fingerprint density at radius 1 is 0.366 bits per heavy atom. The van der Waals surface area contributed by atoms with Gasteiger partial charge in [0.05, 0.1) is 0 Å². The highest BCUT2D eigenvalue weighted by molar-refractivity contribution is 6.08. The zero-order chi connectivity index (χ0) is 27.8. The Kier molecular flexibility index (Phi) is 6.34. The van der Waals surface area contributed by atoms with Crippen LogP contribution >= 0.6 is 0 Å². The van der Waals surface area contributed by atoms with E-state index in [2.05, 4.69) is 170 Å². The summed E-state index contributed by atoms with van der Waals surface area (Å²) in [4.78, 5) is 2.35. The third-order valence-corrected chi connectivity index (χ3v) is 7.99. The maximum atomic E-state index is 2.35. The van der Waals surface area contributed by atoms with Gasteiger partial charge < -0.3 is 4.90 Å². The van der Waals surface area contributed by atoms with Gasteiger partial charge in [0.1, 0.15) is 0 Å². The van der Waals surface area contributed by atoms with Gasteiger partial charge >= 0.3 is 0 Å². The third kappa shape index (κ3) is 4.77. The smallest absolute Gasteiger partial charge is 0.0468 e. The molecule has 0 aliphatic rings. The summed E-state index contributed by atoms with van der Waals surface area (Å²) in [6.45, 7) is 4.27. The van der Waals surface area contributed by atoms with Gasteiger partial charge in [-0.2, -0.15) is 0 Å². The van der Waals surface area contributed by atoms with Crippen LogP contribution in [0, 0.1) is 13.8 Å². The van der Waals surface area contributed by atoms with Gasteiger partial charge in [-0.3, -0.25) is 0 Å². The van der Waals surface area contributed by atoms with E-state index in [-0.39, 0.29) is 0 Å². The third-order valence-electron chi connectivity index (χ3n) is 7.99. The highest BCUT2D eigenvalue weighted by Gasteiger charge is 2.16. The van der Waals surface area contributed by atoms with Gasteiger partial charge in [0.2, 0.25) is 0 Å². The second kappa shape index (κ2) is 10.4. The molecule has 1 heteroatoms. The monoisotopic (exact) mass is 525 g/mol. The van der Waals surface area contributed by atoms with Crippen molar-refractivity contribution >= 4 is 38.6 Å². The average molecular weight is 526 g/mol. The average Bonchev–Trinajstić information content (AvgIpc) is 3.03. The van der Waals surface area contributed by atoms with Crippen LogP contribution in [-0.4, -0.2) is 0 Å². The van der Waals surface area contributed by atoms with E-state index in [0.717, 1.165) is 17.1 Å². The lowest BCUT2D eigenvalue weighted by molar-refractivity contribution is 1.27. The zero-order valence-corrected chi connectivity index (χ0v) is 23.4. The van der Waals surface area contributed by atoms with Crippen LogP contribution in [0.25, 0.3) is 43.8 Å². The Labute approximate surface area is 242 Å². The van der Waals surface area contributed by atoms with Gasteiger partial charge in [-0.15, -0.1) is 0 Å². The van der Waals surface area contributed by atoms with Crippen LogP contribution in [0.1, 0.15) is 11.1 Å². The molecule has 0 aliphatic carbocycles. The first kappa shape index (κ1) is 24.9. The Morgan fingerprint density at radius 2 is 0.951 bits per heavy atom. The molecule has 196 valence electrons. The minimum Gasteiger partial charge on any atom is -0.310 e. The largest absolute Gasteiger partial charge is 0.310 e. The van der Waals surface area contributed by atoms with Crippen molar-refractivity contribution in [1.82, 2.24) is 0 Å². The van der Waals surface area contributed by atoms with E-state index in [0.29, 0.717) is 0 Å². The maximum absolute atomic E-state index is 2.35. The number of anilines is 3. The summed E-state index contributed by atoms with van der Waals surface area (Å²) in [5.41, 5.74) is 10.8. The summed E-state index contributed by atoms with van der Waals surface area (Å²) in [6.07, 6.45) is 0. The molecule has 0 heterocycles. The molecule has 1 nitrogen and oxygen atoms in total. The summed E-state index contributed by atoms with van der Waals surface area (Å²) in [5.74, 6) is 0. The van der Waals surface area contributed by atoms with E-state index in [9.17, 15) is 0 Å². The molecule has 0 atom stereocenters. The number of nitrogens with zero attached hydrogens (tertiary/aromatic N) is 1. The van der Waals surface area contributed by atoms with Crippen molar-refractivity contribution in [2.24, 2.45) is 0 Å². The van der Waals surface area contributed by atoms with E-state index < -0.39 is 0 Å². The van der Waals surface area contributed by atoms with Gasteiger partial charge in [-0.25, -0.2) is 0 Å². The van der Waals surface area contributed by atoms with Crippen molar-refractivity contribution in [3.8, 4) is 22.3 Å². The molecule has 41 heavy (non-hydrogen) atoms. The fourth-order valence-electron chi connectivity index (χ4n) is 5.80. The number of benzene rings is 7. The molecule has 0 saturated carbocycles. The summed E-state index contributed by atoms with van der Waals surface area (Å²) >= 11 is 0. The van der Waals surface area contributed by atoms with E-state index in [1.54, 1.807) is 0 Å². The molecule has 0 fully saturated rings. The number of rotatable bonds is 5. The quantitative estimate of drug-likeness (QED) is 0.202. The standard InChI is InChI=1S/C40H31N/c1-28-12-19-34(20-13-28)41(35-21-14-29(2)15-22-35)36-23-25-39(40(27-36)30-8-4-3-5-9-30)33-18-24-38-32(26-33)17-16-31-10-6-7-11-37(31)38/h3-27H,1-2H3. The summed E-state index contributed by atoms with van der Waals surface area (Å²) in [7, 11) is 0. The minimum absolute atomic E-state index is 1.13. The first-order valence-corrected chi connectivity index (χ1v) is 14.2. The van der Waals surface area contributed by atoms with Crippen molar-refractivity contribution < 1.29 is 0 Å². The first-order valence-electron chi connectivity index (χ1n) is 14.2. The molecule has 0 aliphatic heterocycles. The molecule has 7 rings (SSSR count). The highest BCUT2D eigenvalue weighted by atomic mass is 15.1. The Balaban J connectivity index is 1.42. The fraction of sp³-hybridized carbons (Fsp3) is 0.0500. The second-order valence-corrected chi connectivity index (χ2v) is 10.8. The van der Waals surface area contributed by atoms with Crippen LogP contribution in [0.5, 0.6) is 0 Å². The summed E-state index contributed by atoms with van der Waals surface area (Å²) in [6, 6.07) is 55.2. The molecule has 7 aromatic carbocycles. The first-order chi connectivity index (χ1) is 20.1.